The molecule has 0 aromatic heterocycles. The Kier molecular flexibility index (Phi) is 4.51. The van der Waals surface area contributed by atoms with Crippen LogP contribution in [0.3, 0.4) is 0 Å². The second kappa shape index (κ2) is 6.37. The van der Waals surface area contributed by atoms with Crippen molar-refractivity contribution in [1.29, 1.82) is 0 Å². The zero-order valence-corrected chi connectivity index (χ0v) is 13.3. The van der Waals surface area contributed by atoms with E-state index >= 15 is 0 Å². The molecule has 0 radical (unpaired) electrons. The topological polar surface area (TPSA) is 38.5 Å². The molecular formula is C18H28N2O. The van der Waals surface area contributed by atoms with Crippen LogP contribution in [0, 0.1) is 5.92 Å². The van der Waals surface area contributed by atoms with Crippen LogP contribution in [0.5, 0.6) is 5.75 Å². The van der Waals surface area contributed by atoms with Crippen molar-refractivity contribution in [2.24, 2.45) is 11.7 Å². The average molecular weight is 288 g/mol. The van der Waals surface area contributed by atoms with Gasteiger partial charge in [-0.25, -0.2) is 0 Å². The Hall–Kier alpha value is -1.06. The molecule has 3 heteroatoms. The van der Waals surface area contributed by atoms with E-state index in [4.69, 9.17) is 10.5 Å². The number of hydrogen-bond donors (Lipinski definition) is 1. The van der Waals surface area contributed by atoms with Gasteiger partial charge in [-0.2, -0.15) is 0 Å². The standard InChI is InChI=1S/C18H28N2O/c1-3-17(19)18(14-6-10-16(21-2)11-7-14)20(15-8-9-15)12-13-4-5-13/h6-7,10-11,13,15,17-18H,3-5,8-9,12,19H2,1-2H3. The van der Waals surface area contributed by atoms with Crippen LogP contribution in [0.1, 0.15) is 50.6 Å². The summed E-state index contributed by atoms with van der Waals surface area (Å²) >= 11 is 0. The molecule has 1 aromatic rings. The minimum atomic E-state index is 0.206. The summed E-state index contributed by atoms with van der Waals surface area (Å²) in [6.07, 6.45) is 6.51. The van der Waals surface area contributed by atoms with E-state index in [2.05, 4.69) is 36.1 Å². The number of methoxy groups -OCH3 is 1. The van der Waals surface area contributed by atoms with Crippen molar-refractivity contribution in [3.05, 3.63) is 29.8 Å². The highest BCUT2D eigenvalue weighted by Crippen LogP contribution is 2.41. The van der Waals surface area contributed by atoms with Gasteiger partial charge >= 0.3 is 0 Å². The van der Waals surface area contributed by atoms with Gasteiger partial charge in [-0.1, -0.05) is 19.1 Å². The van der Waals surface area contributed by atoms with Crippen molar-refractivity contribution >= 4 is 0 Å². The van der Waals surface area contributed by atoms with E-state index in [-0.39, 0.29) is 6.04 Å². The fourth-order valence-corrected chi connectivity index (χ4v) is 3.20. The first-order valence-corrected chi connectivity index (χ1v) is 8.38. The number of ether oxygens (including phenoxy) is 1. The molecule has 2 fully saturated rings. The third-order valence-corrected chi connectivity index (χ3v) is 4.87. The Morgan fingerprint density at radius 3 is 2.33 bits per heavy atom. The van der Waals surface area contributed by atoms with Crippen LogP contribution in [0.25, 0.3) is 0 Å². The molecule has 0 heterocycles. The zero-order chi connectivity index (χ0) is 14.8. The third-order valence-electron chi connectivity index (χ3n) is 4.87. The molecule has 2 N–H and O–H groups in total. The second-order valence-electron chi connectivity index (χ2n) is 6.66. The lowest BCUT2D eigenvalue weighted by Gasteiger charge is -2.36. The molecule has 2 aliphatic carbocycles. The van der Waals surface area contributed by atoms with E-state index in [1.165, 1.54) is 37.8 Å². The summed E-state index contributed by atoms with van der Waals surface area (Å²) in [5.41, 5.74) is 7.85. The highest BCUT2D eigenvalue weighted by molar-refractivity contribution is 5.30. The smallest absolute Gasteiger partial charge is 0.118 e. The van der Waals surface area contributed by atoms with Crippen molar-refractivity contribution < 1.29 is 4.74 Å². The predicted molar refractivity (Wildman–Crippen MR) is 86.5 cm³/mol. The monoisotopic (exact) mass is 288 g/mol. The van der Waals surface area contributed by atoms with E-state index in [0.717, 1.165) is 24.1 Å². The van der Waals surface area contributed by atoms with Gasteiger partial charge in [-0.05, 0) is 55.7 Å². The Labute approximate surface area is 128 Å². The van der Waals surface area contributed by atoms with Crippen LogP contribution in [-0.4, -0.2) is 30.6 Å². The van der Waals surface area contributed by atoms with Crippen molar-refractivity contribution in [2.75, 3.05) is 13.7 Å². The molecule has 3 rings (SSSR count). The summed E-state index contributed by atoms with van der Waals surface area (Å²) < 4.78 is 5.29. The van der Waals surface area contributed by atoms with Crippen LogP contribution in [-0.2, 0) is 0 Å². The quantitative estimate of drug-likeness (QED) is 0.797. The third kappa shape index (κ3) is 3.58. The van der Waals surface area contributed by atoms with Gasteiger partial charge in [-0.15, -0.1) is 0 Å². The van der Waals surface area contributed by atoms with Crippen molar-refractivity contribution in [2.45, 2.75) is 57.2 Å². The van der Waals surface area contributed by atoms with Crippen molar-refractivity contribution in [1.82, 2.24) is 4.90 Å². The van der Waals surface area contributed by atoms with Crippen LogP contribution >= 0.6 is 0 Å². The Morgan fingerprint density at radius 2 is 1.86 bits per heavy atom. The normalized spacial score (nSPS) is 21.3. The molecule has 2 atom stereocenters. The number of nitrogens with two attached hydrogens (primary N) is 1. The number of nitrogens with zero attached hydrogens (tertiary/aromatic N) is 1. The maximum Gasteiger partial charge on any atom is 0.118 e. The van der Waals surface area contributed by atoms with E-state index in [9.17, 15) is 0 Å². The lowest BCUT2D eigenvalue weighted by Crippen LogP contribution is -2.43. The van der Waals surface area contributed by atoms with Crippen LogP contribution in [0.2, 0.25) is 0 Å². The highest BCUT2D eigenvalue weighted by atomic mass is 16.5. The van der Waals surface area contributed by atoms with Gasteiger partial charge in [0.2, 0.25) is 0 Å². The van der Waals surface area contributed by atoms with Gasteiger partial charge in [0.05, 0.1) is 13.2 Å². The molecule has 2 aliphatic rings. The van der Waals surface area contributed by atoms with Gasteiger partial charge < -0.3 is 10.5 Å². The van der Waals surface area contributed by atoms with E-state index in [1.807, 2.05) is 0 Å². The lowest BCUT2D eigenvalue weighted by atomic mass is 9.95. The number of hydrogen-bond acceptors (Lipinski definition) is 3. The Balaban J connectivity index is 1.83. The molecule has 0 bridgehead atoms. The Bertz CT molecular complexity index is 451. The summed E-state index contributed by atoms with van der Waals surface area (Å²) in [6, 6.07) is 9.84. The van der Waals surface area contributed by atoms with Gasteiger partial charge in [0, 0.05) is 18.6 Å². The van der Waals surface area contributed by atoms with Gasteiger partial charge in [0.15, 0.2) is 0 Å². The van der Waals surface area contributed by atoms with E-state index in [1.54, 1.807) is 7.11 Å². The number of rotatable bonds is 8. The molecule has 0 aliphatic heterocycles. The molecule has 2 unspecified atom stereocenters. The van der Waals surface area contributed by atoms with Gasteiger partial charge in [0.1, 0.15) is 5.75 Å². The molecule has 3 nitrogen and oxygen atoms in total. The fraction of sp³-hybridized carbons (Fsp3) is 0.667. The first-order valence-electron chi connectivity index (χ1n) is 8.38. The molecule has 1 aromatic carbocycles. The predicted octanol–water partition coefficient (Wildman–Crippen LogP) is 3.35. The molecule has 21 heavy (non-hydrogen) atoms. The molecule has 0 saturated heterocycles. The molecule has 0 spiro atoms. The first-order chi connectivity index (χ1) is 10.2. The summed E-state index contributed by atoms with van der Waals surface area (Å²) in [4.78, 5) is 2.70. The Morgan fingerprint density at radius 1 is 1.19 bits per heavy atom. The second-order valence-corrected chi connectivity index (χ2v) is 6.66. The highest BCUT2D eigenvalue weighted by Gasteiger charge is 2.39. The maximum atomic E-state index is 6.51. The van der Waals surface area contributed by atoms with Crippen LogP contribution in [0.15, 0.2) is 24.3 Å². The summed E-state index contributed by atoms with van der Waals surface area (Å²) in [6.45, 7) is 3.43. The first kappa shape index (κ1) is 14.9. The molecule has 116 valence electrons. The number of benzene rings is 1. The summed E-state index contributed by atoms with van der Waals surface area (Å²) in [5, 5.41) is 0. The van der Waals surface area contributed by atoms with Crippen LogP contribution in [0.4, 0.5) is 0 Å². The van der Waals surface area contributed by atoms with E-state index < -0.39 is 0 Å². The lowest BCUT2D eigenvalue weighted by molar-refractivity contribution is 0.152. The van der Waals surface area contributed by atoms with Gasteiger partial charge in [-0.3, -0.25) is 4.90 Å². The maximum absolute atomic E-state index is 6.51. The fourth-order valence-electron chi connectivity index (χ4n) is 3.20. The van der Waals surface area contributed by atoms with Crippen molar-refractivity contribution in [3.63, 3.8) is 0 Å². The SMILES string of the molecule is CCC(N)C(c1ccc(OC)cc1)N(CC1CC1)C1CC1. The minimum Gasteiger partial charge on any atom is -0.497 e. The molecular weight excluding hydrogens is 260 g/mol. The largest absolute Gasteiger partial charge is 0.497 e. The van der Waals surface area contributed by atoms with E-state index in [0.29, 0.717) is 6.04 Å². The van der Waals surface area contributed by atoms with Crippen molar-refractivity contribution in [3.8, 4) is 5.75 Å². The average Bonchev–Trinajstić information content (AvgIpc) is 3.39. The zero-order valence-electron chi connectivity index (χ0n) is 13.3. The minimum absolute atomic E-state index is 0.206. The molecule has 0 amide bonds. The summed E-state index contributed by atoms with van der Waals surface area (Å²) in [5.74, 6) is 1.83. The summed E-state index contributed by atoms with van der Waals surface area (Å²) in [7, 11) is 1.72. The van der Waals surface area contributed by atoms with Crippen LogP contribution < -0.4 is 10.5 Å². The molecule has 2 saturated carbocycles. The van der Waals surface area contributed by atoms with Gasteiger partial charge in [0.25, 0.3) is 0 Å².